The lowest BCUT2D eigenvalue weighted by atomic mass is 9.92. The number of Topliss-reactive ketones (excluding diaryl/α,β-unsaturated/α-hetero) is 1. The Hall–Kier alpha value is -3.36. The topological polar surface area (TPSA) is 85.6 Å². The summed E-state index contributed by atoms with van der Waals surface area (Å²) in [6.07, 6.45) is 1.44. The van der Waals surface area contributed by atoms with Crippen LogP contribution in [-0.2, 0) is 5.66 Å². The molecule has 4 aromatic rings. The van der Waals surface area contributed by atoms with Crippen molar-refractivity contribution in [2.75, 3.05) is 14.2 Å². The Labute approximate surface area is 218 Å². The first-order chi connectivity index (χ1) is 17.4. The van der Waals surface area contributed by atoms with Gasteiger partial charge in [-0.2, -0.15) is 0 Å². The second-order valence-corrected chi connectivity index (χ2v) is 9.24. The van der Waals surface area contributed by atoms with Gasteiger partial charge in [0.2, 0.25) is 11.5 Å². The van der Waals surface area contributed by atoms with Crippen molar-refractivity contribution in [1.29, 1.82) is 0 Å². The number of nitrogens with one attached hydrogen (secondary N) is 2. The summed E-state index contributed by atoms with van der Waals surface area (Å²) in [6, 6.07) is 21.2. The van der Waals surface area contributed by atoms with Crippen molar-refractivity contribution in [2.45, 2.75) is 17.7 Å². The highest BCUT2D eigenvalue weighted by atomic mass is 35.5. The first kappa shape index (κ1) is 24.3. The zero-order valence-corrected chi connectivity index (χ0v) is 21.0. The Bertz CT molecular complexity index is 1310. The number of aromatic nitrogens is 1. The molecule has 1 aliphatic heterocycles. The standard InChI is InChI=1S/C27H23Cl2N3O4/c1-34-20-11-12-21(23(15-20)35-2)27(26(33)22-13-14-30-36-22)31-24(16-3-7-18(28)8-4-16)25(32-27)17-5-9-19(29)10-6-17/h3-15,24-25,31-32H,1-2H3. The van der Waals surface area contributed by atoms with Gasteiger partial charge in [0.25, 0.3) is 0 Å². The molecule has 5 rings (SSSR count). The minimum atomic E-state index is -1.42. The lowest BCUT2D eigenvalue weighted by Crippen LogP contribution is -2.53. The molecule has 1 aliphatic rings. The van der Waals surface area contributed by atoms with Gasteiger partial charge >= 0.3 is 0 Å². The van der Waals surface area contributed by atoms with Crippen LogP contribution in [0.2, 0.25) is 10.0 Å². The number of ether oxygens (including phenoxy) is 2. The number of rotatable bonds is 7. The fraction of sp³-hybridized carbons (Fsp3) is 0.185. The largest absolute Gasteiger partial charge is 0.497 e. The van der Waals surface area contributed by atoms with Crippen LogP contribution in [0.4, 0.5) is 0 Å². The highest BCUT2D eigenvalue weighted by Gasteiger charge is 2.54. The van der Waals surface area contributed by atoms with Gasteiger partial charge in [-0.05, 0) is 47.5 Å². The van der Waals surface area contributed by atoms with Crippen molar-refractivity contribution < 1.29 is 18.8 Å². The zero-order valence-electron chi connectivity index (χ0n) is 19.5. The summed E-state index contributed by atoms with van der Waals surface area (Å²) in [5.41, 5.74) is 1.02. The van der Waals surface area contributed by atoms with Crippen LogP contribution in [0.1, 0.15) is 39.3 Å². The number of benzene rings is 3. The Morgan fingerprint density at radius 2 is 1.44 bits per heavy atom. The molecule has 2 unspecified atom stereocenters. The van der Waals surface area contributed by atoms with Gasteiger partial charge in [-0.15, -0.1) is 0 Å². The van der Waals surface area contributed by atoms with Crippen LogP contribution in [0.5, 0.6) is 11.5 Å². The number of methoxy groups -OCH3 is 2. The lowest BCUT2D eigenvalue weighted by Gasteiger charge is -2.30. The summed E-state index contributed by atoms with van der Waals surface area (Å²) in [5.74, 6) is 0.812. The molecule has 3 aromatic carbocycles. The van der Waals surface area contributed by atoms with E-state index in [1.165, 1.54) is 12.3 Å². The molecular formula is C27H23Cl2N3O4. The third-order valence-corrected chi connectivity index (χ3v) is 6.85. The highest BCUT2D eigenvalue weighted by molar-refractivity contribution is 6.30. The van der Waals surface area contributed by atoms with Crippen LogP contribution < -0.4 is 20.1 Å². The summed E-state index contributed by atoms with van der Waals surface area (Å²) in [4.78, 5) is 14.1. The fourth-order valence-corrected chi connectivity index (χ4v) is 4.85. The van der Waals surface area contributed by atoms with E-state index in [-0.39, 0.29) is 23.6 Å². The van der Waals surface area contributed by atoms with Gasteiger partial charge in [0.05, 0.1) is 32.5 Å². The van der Waals surface area contributed by atoms with Crippen molar-refractivity contribution in [3.8, 4) is 11.5 Å². The Morgan fingerprint density at radius 3 is 1.92 bits per heavy atom. The van der Waals surface area contributed by atoms with Gasteiger partial charge in [-0.3, -0.25) is 15.4 Å². The lowest BCUT2D eigenvalue weighted by molar-refractivity contribution is 0.0791. The molecule has 0 radical (unpaired) electrons. The summed E-state index contributed by atoms with van der Waals surface area (Å²) in [6.45, 7) is 0. The molecule has 7 nitrogen and oxygen atoms in total. The Kier molecular flexibility index (Phi) is 6.73. The van der Waals surface area contributed by atoms with E-state index in [1.807, 2.05) is 48.5 Å². The summed E-state index contributed by atoms with van der Waals surface area (Å²) < 4.78 is 16.4. The normalized spacial score (nSPS) is 21.3. The van der Waals surface area contributed by atoms with E-state index in [4.69, 9.17) is 37.2 Å². The Morgan fingerprint density at radius 1 is 0.861 bits per heavy atom. The van der Waals surface area contributed by atoms with E-state index in [2.05, 4.69) is 15.8 Å². The van der Waals surface area contributed by atoms with Gasteiger partial charge in [0.1, 0.15) is 11.5 Å². The number of ketones is 1. The average molecular weight is 524 g/mol. The first-order valence-electron chi connectivity index (χ1n) is 11.2. The molecule has 2 N–H and O–H groups in total. The predicted molar refractivity (Wildman–Crippen MR) is 137 cm³/mol. The molecule has 36 heavy (non-hydrogen) atoms. The number of nitrogens with zero attached hydrogens (tertiary/aromatic N) is 1. The monoisotopic (exact) mass is 523 g/mol. The molecule has 184 valence electrons. The molecule has 1 aromatic heterocycles. The third kappa shape index (κ3) is 4.35. The van der Waals surface area contributed by atoms with E-state index in [0.717, 1.165) is 11.1 Å². The van der Waals surface area contributed by atoms with Gasteiger partial charge in [0.15, 0.2) is 5.66 Å². The minimum absolute atomic E-state index is 0.0967. The van der Waals surface area contributed by atoms with E-state index in [0.29, 0.717) is 27.1 Å². The smallest absolute Gasteiger partial charge is 0.240 e. The molecule has 2 atom stereocenters. The summed E-state index contributed by atoms with van der Waals surface area (Å²) in [5, 5.41) is 12.1. The van der Waals surface area contributed by atoms with Crippen LogP contribution in [0, 0.1) is 0 Å². The number of hydrogen-bond donors (Lipinski definition) is 2. The van der Waals surface area contributed by atoms with Gasteiger partial charge in [0, 0.05) is 27.7 Å². The summed E-state index contributed by atoms with van der Waals surface area (Å²) >= 11 is 12.3. The zero-order chi connectivity index (χ0) is 25.3. The van der Waals surface area contributed by atoms with Crippen LogP contribution in [0.3, 0.4) is 0 Å². The molecule has 0 bridgehead atoms. The molecule has 1 saturated heterocycles. The molecule has 0 amide bonds. The second kappa shape index (κ2) is 9.95. The third-order valence-electron chi connectivity index (χ3n) is 6.35. The molecule has 0 saturated carbocycles. The minimum Gasteiger partial charge on any atom is -0.497 e. The van der Waals surface area contributed by atoms with E-state index >= 15 is 0 Å². The molecule has 0 aliphatic carbocycles. The number of carbonyl (C=O) groups excluding carboxylic acids is 1. The maximum atomic E-state index is 14.1. The maximum Gasteiger partial charge on any atom is 0.240 e. The Balaban J connectivity index is 1.71. The van der Waals surface area contributed by atoms with Crippen LogP contribution >= 0.6 is 23.2 Å². The van der Waals surface area contributed by atoms with E-state index < -0.39 is 5.66 Å². The van der Waals surface area contributed by atoms with Gasteiger partial charge < -0.3 is 14.0 Å². The van der Waals surface area contributed by atoms with E-state index in [1.54, 1.807) is 32.4 Å². The number of carbonyl (C=O) groups is 1. The second-order valence-electron chi connectivity index (χ2n) is 8.37. The number of hydrogen-bond acceptors (Lipinski definition) is 7. The molecule has 2 heterocycles. The van der Waals surface area contributed by atoms with Crippen LogP contribution in [0.15, 0.2) is 83.5 Å². The molecule has 1 fully saturated rings. The fourth-order valence-electron chi connectivity index (χ4n) is 4.60. The van der Waals surface area contributed by atoms with Gasteiger partial charge in [-0.25, -0.2) is 0 Å². The molecular weight excluding hydrogens is 501 g/mol. The van der Waals surface area contributed by atoms with Crippen molar-refractivity contribution in [3.63, 3.8) is 0 Å². The average Bonchev–Trinajstić information content (AvgIpc) is 3.58. The molecule has 9 heteroatoms. The van der Waals surface area contributed by atoms with Crippen LogP contribution in [0.25, 0.3) is 0 Å². The highest BCUT2D eigenvalue weighted by Crippen LogP contribution is 2.45. The maximum absolute atomic E-state index is 14.1. The first-order valence-corrected chi connectivity index (χ1v) is 11.9. The van der Waals surface area contributed by atoms with Crippen molar-refractivity contribution in [1.82, 2.24) is 15.8 Å². The predicted octanol–water partition coefficient (Wildman–Crippen LogP) is 5.71. The van der Waals surface area contributed by atoms with Crippen molar-refractivity contribution >= 4 is 29.0 Å². The van der Waals surface area contributed by atoms with E-state index in [9.17, 15) is 4.79 Å². The summed E-state index contributed by atoms with van der Waals surface area (Å²) in [7, 11) is 3.12. The van der Waals surface area contributed by atoms with Crippen molar-refractivity contribution in [3.05, 3.63) is 111 Å². The quantitative estimate of drug-likeness (QED) is 0.300. The number of halogens is 2. The van der Waals surface area contributed by atoms with Crippen LogP contribution in [-0.4, -0.2) is 25.2 Å². The molecule has 0 spiro atoms. The SMILES string of the molecule is COc1ccc(C2(C(=O)c3ccno3)NC(c3ccc(Cl)cc3)C(c3ccc(Cl)cc3)N2)c(OC)c1. The van der Waals surface area contributed by atoms with Gasteiger partial charge in [-0.1, -0.05) is 52.6 Å². The van der Waals surface area contributed by atoms with Crippen molar-refractivity contribution in [2.24, 2.45) is 0 Å².